The molecule has 4 rings (SSSR count). The average Bonchev–Trinajstić information content (AvgIpc) is 3.02. The number of rotatable bonds is 2. The number of hydrogen-bond donors (Lipinski definition) is 1. The summed E-state index contributed by atoms with van der Waals surface area (Å²) in [5, 5.41) is 11.6. The number of thiophene rings is 1. The number of hydrogen-bond acceptors (Lipinski definition) is 5. The van der Waals surface area contributed by atoms with E-state index < -0.39 is 5.95 Å². The summed E-state index contributed by atoms with van der Waals surface area (Å²) in [5.74, 6) is 0.0803. The summed E-state index contributed by atoms with van der Waals surface area (Å²) in [6.45, 7) is 0. The van der Waals surface area contributed by atoms with Crippen LogP contribution in [0.5, 0.6) is 5.75 Å². The number of pyridine rings is 1. The van der Waals surface area contributed by atoms with Crippen LogP contribution in [0.1, 0.15) is 0 Å². The van der Waals surface area contributed by atoms with Gasteiger partial charge >= 0.3 is 0 Å². The molecule has 4 nitrogen and oxygen atoms in total. The minimum Gasteiger partial charge on any atom is -0.508 e. The highest BCUT2D eigenvalue weighted by molar-refractivity contribution is 7.17. The van der Waals surface area contributed by atoms with E-state index in [1.807, 2.05) is 17.5 Å². The number of phenolic OH excluding ortho intramolecular Hbond substituents is 1. The van der Waals surface area contributed by atoms with Crippen molar-refractivity contribution in [2.24, 2.45) is 0 Å². The Kier molecular flexibility index (Phi) is 3.24. The van der Waals surface area contributed by atoms with Crippen LogP contribution in [0.2, 0.25) is 0 Å². The Morgan fingerprint density at radius 1 is 1.00 bits per heavy atom. The van der Waals surface area contributed by atoms with Gasteiger partial charge < -0.3 is 5.11 Å². The van der Waals surface area contributed by atoms with Gasteiger partial charge in [-0.05, 0) is 29.6 Å². The van der Waals surface area contributed by atoms with Crippen molar-refractivity contribution in [2.75, 3.05) is 0 Å². The third kappa shape index (κ3) is 2.53. The van der Waals surface area contributed by atoms with Gasteiger partial charge in [0, 0.05) is 23.4 Å². The van der Waals surface area contributed by atoms with Crippen molar-refractivity contribution >= 4 is 21.6 Å². The molecule has 0 amide bonds. The third-order valence-electron chi connectivity index (χ3n) is 3.41. The van der Waals surface area contributed by atoms with Gasteiger partial charge in [0.15, 0.2) is 5.82 Å². The average molecular weight is 323 g/mol. The van der Waals surface area contributed by atoms with Gasteiger partial charge in [0.1, 0.15) is 5.75 Å². The molecule has 6 heteroatoms. The molecule has 0 bridgehead atoms. The summed E-state index contributed by atoms with van der Waals surface area (Å²) in [5.41, 5.74) is 2.79. The van der Waals surface area contributed by atoms with Gasteiger partial charge in [-0.1, -0.05) is 12.1 Å². The maximum Gasteiger partial charge on any atom is 0.213 e. The standard InChI is InChI=1S/C17H10FN3OS/c18-14-9-10(4-6-19-14)15-16-13(5-7-23-16)20-17(21-15)11-2-1-3-12(22)8-11/h1-9,22H. The number of aromatic hydroxyl groups is 1. The van der Waals surface area contributed by atoms with Crippen molar-refractivity contribution in [3.8, 4) is 28.4 Å². The van der Waals surface area contributed by atoms with Crippen LogP contribution in [0.4, 0.5) is 4.39 Å². The molecule has 0 radical (unpaired) electrons. The van der Waals surface area contributed by atoms with E-state index in [0.717, 1.165) is 10.2 Å². The molecular weight excluding hydrogens is 313 g/mol. The van der Waals surface area contributed by atoms with Gasteiger partial charge in [-0.15, -0.1) is 11.3 Å². The quantitative estimate of drug-likeness (QED) is 0.560. The highest BCUT2D eigenvalue weighted by atomic mass is 32.1. The molecule has 0 aliphatic heterocycles. The zero-order chi connectivity index (χ0) is 15.8. The summed E-state index contributed by atoms with van der Waals surface area (Å²) < 4.78 is 14.4. The molecule has 0 aliphatic carbocycles. The van der Waals surface area contributed by atoms with Crippen LogP contribution in [0.3, 0.4) is 0 Å². The van der Waals surface area contributed by atoms with E-state index in [2.05, 4.69) is 15.0 Å². The molecule has 112 valence electrons. The van der Waals surface area contributed by atoms with Crippen LogP contribution in [0.15, 0.2) is 54.0 Å². The molecular formula is C17H10FN3OS. The molecule has 23 heavy (non-hydrogen) atoms. The van der Waals surface area contributed by atoms with Crippen molar-refractivity contribution < 1.29 is 9.50 Å². The topological polar surface area (TPSA) is 58.9 Å². The molecule has 1 aromatic carbocycles. The second kappa shape index (κ2) is 5.40. The van der Waals surface area contributed by atoms with Gasteiger partial charge in [-0.25, -0.2) is 15.0 Å². The molecule has 0 atom stereocenters. The van der Waals surface area contributed by atoms with E-state index in [1.54, 1.807) is 24.3 Å². The van der Waals surface area contributed by atoms with Crippen molar-refractivity contribution in [3.05, 3.63) is 60.0 Å². The van der Waals surface area contributed by atoms with E-state index in [4.69, 9.17) is 0 Å². The summed E-state index contributed by atoms with van der Waals surface area (Å²) in [6, 6.07) is 11.7. The Balaban J connectivity index is 1.98. The molecule has 3 heterocycles. The summed E-state index contributed by atoms with van der Waals surface area (Å²) in [7, 11) is 0. The van der Waals surface area contributed by atoms with Crippen LogP contribution in [0, 0.1) is 5.95 Å². The summed E-state index contributed by atoms with van der Waals surface area (Å²) >= 11 is 1.50. The number of aromatic nitrogens is 3. The van der Waals surface area contributed by atoms with E-state index in [-0.39, 0.29) is 5.75 Å². The van der Waals surface area contributed by atoms with Crippen LogP contribution >= 0.6 is 11.3 Å². The number of fused-ring (bicyclic) bond motifs is 1. The zero-order valence-corrected chi connectivity index (χ0v) is 12.6. The molecule has 0 saturated heterocycles. The van der Waals surface area contributed by atoms with Crippen LogP contribution in [-0.2, 0) is 0 Å². The molecule has 0 aliphatic rings. The lowest BCUT2D eigenvalue weighted by molar-refractivity contribution is 0.475. The summed E-state index contributed by atoms with van der Waals surface area (Å²) in [4.78, 5) is 12.7. The Morgan fingerprint density at radius 3 is 2.74 bits per heavy atom. The highest BCUT2D eigenvalue weighted by Gasteiger charge is 2.13. The fraction of sp³-hybridized carbons (Fsp3) is 0. The molecule has 4 aromatic rings. The minimum atomic E-state index is -0.551. The van der Waals surface area contributed by atoms with Gasteiger partial charge in [0.2, 0.25) is 5.95 Å². The molecule has 0 unspecified atom stereocenters. The monoisotopic (exact) mass is 323 g/mol. The van der Waals surface area contributed by atoms with Gasteiger partial charge in [0.25, 0.3) is 0 Å². The highest BCUT2D eigenvalue weighted by Crippen LogP contribution is 2.32. The number of benzene rings is 1. The number of phenols is 1. The first-order valence-electron chi connectivity index (χ1n) is 6.87. The van der Waals surface area contributed by atoms with Gasteiger partial charge in [-0.3, -0.25) is 0 Å². The fourth-order valence-corrected chi connectivity index (χ4v) is 3.23. The van der Waals surface area contributed by atoms with Crippen molar-refractivity contribution in [1.29, 1.82) is 0 Å². The summed E-state index contributed by atoms with van der Waals surface area (Å²) in [6.07, 6.45) is 1.42. The van der Waals surface area contributed by atoms with Crippen molar-refractivity contribution in [2.45, 2.75) is 0 Å². The first kappa shape index (κ1) is 13.8. The number of halogens is 1. The van der Waals surface area contributed by atoms with Crippen LogP contribution < -0.4 is 0 Å². The SMILES string of the molecule is Oc1cccc(-c2nc(-c3ccnc(F)c3)c3sccc3n2)c1. The normalized spacial score (nSPS) is 11.0. The maximum atomic E-state index is 13.5. The predicted octanol–water partition coefficient (Wildman–Crippen LogP) is 4.27. The Morgan fingerprint density at radius 2 is 1.91 bits per heavy atom. The van der Waals surface area contributed by atoms with E-state index in [9.17, 15) is 9.50 Å². The van der Waals surface area contributed by atoms with E-state index >= 15 is 0 Å². The van der Waals surface area contributed by atoms with Crippen LogP contribution in [0.25, 0.3) is 32.9 Å². The maximum absolute atomic E-state index is 13.5. The van der Waals surface area contributed by atoms with E-state index in [1.165, 1.54) is 23.6 Å². The second-order valence-electron chi connectivity index (χ2n) is 4.95. The van der Waals surface area contributed by atoms with Gasteiger partial charge in [-0.2, -0.15) is 4.39 Å². The van der Waals surface area contributed by atoms with Crippen molar-refractivity contribution in [1.82, 2.24) is 15.0 Å². The number of nitrogens with zero attached hydrogens (tertiary/aromatic N) is 3. The molecule has 0 fully saturated rings. The first-order chi connectivity index (χ1) is 11.2. The lowest BCUT2D eigenvalue weighted by atomic mass is 10.1. The largest absolute Gasteiger partial charge is 0.508 e. The lowest BCUT2D eigenvalue weighted by Crippen LogP contribution is -1.94. The smallest absolute Gasteiger partial charge is 0.213 e. The molecule has 0 saturated carbocycles. The van der Waals surface area contributed by atoms with Crippen LogP contribution in [-0.4, -0.2) is 20.1 Å². The second-order valence-corrected chi connectivity index (χ2v) is 5.86. The predicted molar refractivity (Wildman–Crippen MR) is 87.7 cm³/mol. The zero-order valence-electron chi connectivity index (χ0n) is 11.8. The third-order valence-corrected chi connectivity index (χ3v) is 4.32. The van der Waals surface area contributed by atoms with E-state index in [0.29, 0.717) is 22.6 Å². The van der Waals surface area contributed by atoms with Crippen molar-refractivity contribution in [3.63, 3.8) is 0 Å². The van der Waals surface area contributed by atoms with Gasteiger partial charge in [0.05, 0.1) is 15.9 Å². The molecule has 1 N–H and O–H groups in total. The Labute approximate surface area is 134 Å². The molecule has 3 aromatic heterocycles. The first-order valence-corrected chi connectivity index (χ1v) is 7.75. The Bertz CT molecular complexity index is 1020. The molecule has 0 spiro atoms. The lowest BCUT2D eigenvalue weighted by Gasteiger charge is -2.07. The Hall–Kier alpha value is -2.86. The minimum absolute atomic E-state index is 0.146. The fourth-order valence-electron chi connectivity index (χ4n) is 2.38.